The number of benzene rings is 6. The summed E-state index contributed by atoms with van der Waals surface area (Å²) in [5, 5.41) is 6.06. The summed E-state index contributed by atoms with van der Waals surface area (Å²) in [5.41, 5.74) is 12.8. The number of aryl methyl sites for hydroxylation is 1. The zero-order valence-electron chi connectivity index (χ0n) is 22.6. The van der Waals surface area contributed by atoms with Crippen molar-refractivity contribution < 1.29 is 4.42 Å². The van der Waals surface area contributed by atoms with Crippen molar-refractivity contribution in [1.29, 1.82) is 0 Å². The maximum absolute atomic E-state index is 6.45. The molecule has 0 saturated heterocycles. The van der Waals surface area contributed by atoms with Crippen LogP contribution in [-0.2, 0) is 0 Å². The highest BCUT2D eigenvalue weighted by molar-refractivity contribution is 6.11. The smallest absolute Gasteiger partial charge is 0.135 e. The molecule has 1 aliphatic carbocycles. The summed E-state index contributed by atoms with van der Waals surface area (Å²) in [6.45, 7) is 2.27. The highest BCUT2D eigenvalue weighted by atomic mass is 16.3. The minimum atomic E-state index is 0.0227. The van der Waals surface area contributed by atoms with Crippen LogP contribution in [0.25, 0.3) is 66.0 Å². The van der Waals surface area contributed by atoms with Crippen LogP contribution in [-0.4, -0.2) is 4.98 Å². The maximum Gasteiger partial charge on any atom is 0.135 e. The largest absolute Gasteiger partial charge is 0.456 e. The first-order chi connectivity index (χ1) is 20.3. The van der Waals surface area contributed by atoms with Crippen molar-refractivity contribution >= 4 is 43.6 Å². The lowest BCUT2D eigenvalue weighted by atomic mass is 9.82. The topological polar surface area (TPSA) is 26.0 Å². The molecule has 192 valence electrons. The van der Waals surface area contributed by atoms with E-state index in [1.165, 1.54) is 49.5 Å². The van der Waals surface area contributed by atoms with Crippen LogP contribution in [0.2, 0.25) is 0 Å². The van der Waals surface area contributed by atoms with E-state index in [1.807, 2.05) is 6.07 Å². The monoisotopic (exact) mass is 523 g/mol. The molecule has 1 atom stereocenters. The van der Waals surface area contributed by atoms with Crippen LogP contribution in [0.3, 0.4) is 0 Å². The fraction of sp³-hybridized carbons (Fsp3) is 0.0513. The van der Waals surface area contributed by atoms with Gasteiger partial charge in [-0.25, -0.2) is 4.98 Å². The van der Waals surface area contributed by atoms with Gasteiger partial charge < -0.3 is 4.42 Å². The number of pyridine rings is 1. The lowest BCUT2D eigenvalue weighted by Crippen LogP contribution is -2.07. The average Bonchev–Trinajstić information content (AvgIpc) is 3.55. The van der Waals surface area contributed by atoms with E-state index in [2.05, 4.69) is 128 Å². The molecule has 2 aromatic heterocycles. The molecule has 0 amide bonds. The molecule has 6 aromatic carbocycles. The molecule has 1 aliphatic rings. The summed E-state index contributed by atoms with van der Waals surface area (Å²) < 4.78 is 6.45. The maximum atomic E-state index is 6.45. The number of furan rings is 1. The van der Waals surface area contributed by atoms with E-state index in [1.54, 1.807) is 0 Å². The second-order valence-corrected chi connectivity index (χ2v) is 11.1. The van der Waals surface area contributed by atoms with Crippen LogP contribution in [0.4, 0.5) is 0 Å². The fourth-order valence-electron chi connectivity index (χ4n) is 7.11. The van der Waals surface area contributed by atoms with E-state index in [-0.39, 0.29) is 5.92 Å². The molecule has 9 rings (SSSR count). The second-order valence-electron chi connectivity index (χ2n) is 11.1. The molecule has 0 radical (unpaired) electrons. The van der Waals surface area contributed by atoms with E-state index < -0.39 is 0 Å². The molecule has 0 spiro atoms. The first kappa shape index (κ1) is 22.6. The summed E-state index contributed by atoms with van der Waals surface area (Å²) >= 11 is 0. The SMILES string of the molecule is Cc1c(C2c3cc4oc5ccccc5c4cc3-c3c2ccc2ccccc32)c(-c2ccccc2)nc2ccccc12. The molecule has 41 heavy (non-hydrogen) atoms. The van der Waals surface area contributed by atoms with E-state index >= 15 is 0 Å². The van der Waals surface area contributed by atoms with Gasteiger partial charge in [0.05, 0.1) is 11.2 Å². The van der Waals surface area contributed by atoms with Gasteiger partial charge in [-0.15, -0.1) is 0 Å². The van der Waals surface area contributed by atoms with Gasteiger partial charge in [0.25, 0.3) is 0 Å². The van der Waals surface area contributed by atoms with Gasteiger partial charge in [0.15, 0.2) is 0 Å². The number of rotatable bonds is 2. The summed E-state index contributed by atoms with van der Waals surface area (Å²) in [7, 11) is 0. The standard InChI is InChI=1S/C39H25NO/c1-23-26-14-7-9-17-33(26)40-39(25-12-3-2-4-13-25)36(23)38-29-20-19-24-11-5-6-15-27(24)37(29)31-21-30-28-16-8-10-18-34(28)41-35(30)22-32(31)38/h2-22,38H,1H3. The molecule has 0 aliphatic heterocycles. The summed E-state index contributed by atoms with van der Waals surface area (Å²) in [6, 6.07) is 45.6. The predicted octanol–water partition coefficient (Wildman–Crippen LogP) is 10.4. The molecule has 2 heteroatoms. The van der Waals surface area contributed by atoms with Crippen molar-refractivity contribution in [3.05, 3.63) is 150 Å². The number of aromatic nitrogens is 1. The quantitative estimate of drug-likeness (QED) is 0.225. The van der Waals surface area contributed by atoms with Gasteiger partial charge in [-0.1, -0.05) is 103 Å². The van der Waals surface area contributed by atoms with E-state index in [0.717, 1.165) is 38.7 Å². The van der Waals surface area contributed by atoms with Crippen molar-refractivity contribution in [3.8, 4) is 22.4 Å². The third kappa shape index (κ3) is 3.16. The van der Waals surface area contributed by atoms with Crippen LogP contribution < -0.4 is 0 Å². The lowest BCUT2D eigenvalue weighted by Gasteiger charge is -2.22. The Morgan fingerprint density at radius 1 is 0.585 bits per heavy atom. The van der Waals surface area contributed by atoms with Crippen LogP contribution in [0.15, 0.2) is 132 Å². The van der Waals surface area contributed by atoms with Crippen LogP contribution in [0.5, 0.6) is 0 Å². The zero-order chi connectivity index (χ0) is 27.1. The summed E-state index contributed by atoms with van der Waals surface area (Å²) in [4.78, 5) is 5.33. The highest BCUT2D eigenvalue weighted by Crippen LogP contribution is 2.54. The lowest BCUT2D eigenvalue weighted by molar-refractivity contribution is 0.668. The normalized spacial score (nSPS) is 14.2. The summed E-state index contributed by atoms with van der Waals surface area (Å²) in [6.07, 6.45) is 0. The third-order valence-corrected chi connectivity index (χ3v) is 8.94. The highest BCUT2D eigenvalue weighted by Gasteiger charge is 2.35. The molecule has 0 bridgehead atoms. The Hall–Kier alpha value is -5.21. The van der Waals surface area contributed by atoms with Gasteiger partial charge >= 0.3 is 0 Å². The number of hydrogen-bond donors (Lipinski definition) is 0. The van der Waals surface area contributed by atoms with Gasteiger partial charge in [-0.2, -0.15) is 0 Å². The van der Waals surface area contributed by atoms with Gasteiger partial charge in [-0.3, -0.25) is 0 Å². The molecule has 2 heterocycles. The molecule has 0 saturated carbocycles. The van der Waals surface area contributed by atoms with E-state index in [9.17, 15) is 0 Å². The van der Waals surface area contributed by atoms with Crippen molar-refractivity contribution in [2.45, 2.75) is 12.8 Å². The average molecular weight is 524 g/mol. The van der Waals surface area contributed by atoms with Gasteiger partial charge in [0.2, 0.25) is 0 Å². The minimum Gasteiger partial charge on any atom is -0.456 e. The Morgan fingerprint density at radius 3 is 2.20 bits per heavy atom. The Bertz CT molecular complexity index is 2330. The molecular weight excluding hydrogens is 498 g/mol. The Morgan fingerprint density at radius 2 is 1.32 bits per heavy atom. The second kappa shape index (κ2) is 8.39. The minimum absolute atomic E-state index is 0.0227. The van der Waals surface area contributed by atoms with Crippen molar-refractivity contribution in [3.63, 3.8) is 0 Å². The molecule has 8 aromatic rings. The van der Waals surface area contributed by atoms with Crippen LogP contribution in [0, 0.1) is 6.92 Å². The van der Waals surface area contributed by atoms with Crippen molar-refractivity contribution in [2.75, 3.05) is 0 Å². The Balaban J connectivity index is 1.45. The van der Waals surface area contributed by atoms with Gasteiger partial charge in [-0.05, 0) is 75.3 Å². The number of para-hydroxylation sites is 2. The molecule has 2 nitrogen and oxygen atoms in total. The third-order valence-electron chi connectivity index (χ3n) is 8.94. The molecule has 1 unspecified atom stereocenters. The summed E-state index contributed by atoms with van der Waals surface area (Å²) in [5.74, 6) is 0.0227. The number of nitrogens with zero attached hydrogens (tertiary/aromatic N) is 1. The van der Waals surface area contributed by atoms with Gasteiger partial charge in [0.1, 0.15) is 11.2 Å². The predicted molar refractivity (Wildman–Crippen MR) is 170 cm³/mol. The Kier molecular flexibility index (Phi) is 4.63. The first-order valence-electron chi connectivity index (χ1n) is 14.2. The number of hydrogen-bond acceptors (Lipinski definition) is 2. The number of fused-ring (bicyclic) bond motifs is 9. The van der Waals surface area contributed by atoms with Crippen LogP contribution >= 0.6 is 0 Å². The zero-order valence-corrected chi connectivity index (χ0v) is 22.6. The van der Waals surface area contributed by atoms with Crippen LogP contribution in [0.1, 0.15) is 28.2 Å². The van der Waals surface area contributed by atoms with E-state index in [4.69, 9.17) is 9.40 Å². The molecular formula is C39H25NO. The molecule has 0 N–H and O–H groups in total. The molecule has 0 fully saturated rings. The van der Waals surface area contributed by atoms with Gasteiger partial charge in [0, 0.05) is 27.6 Å². The first-order valence-corrected chi connectivity index (χ1v) is 14.2. The van der Waals surface area contributed by atoms with E-state index in [0.29, 0.717) is 0 Å². The Labute approximate surface area is 237 Å². The van der Waals surface area contributed by atoms with Crippen molar-refractivity contribution in [1.82, 2.24) is 4.98 Å². The van der Waals surface area contributed by atoms with Crippen molar-refractivity contribution in [2.24, 2.45) is 0 Å². The fourth-order valence-corrected chi connectivity index (χ4v) is 7.11.